The Morgan fingerprint density at radius 1 is 0.538 bits per heavy atom. The normalized spacial score (nSPS) is 20.6. The van der Waals surface area contributed by atoms with E-state index >= 15 is 0 Å². The van der Waals surface area contributed by atoms with E-state index in [1.807, 2.05) is 18.2 Å². The Morgan fingerprint density at radius 3 is 1.46 bits per heavy atom. The monoisotopic (exact) mass is 912 g/mol. The molecule has 0 aromatic rings. The molecule has 1 aliphatic rings. The Hall–Kier alpha value is -2.63. The summed E-state index contributed by atoms with van der Waals surface area (Å²) in [5.74, 6) is -0.273. The van der Waals surface area contributed by atoms with Crippen molar-refractivity contribution in [1.29, 1.82) is 0 Å². The van der Waals surface area contributed by atoms with E-state index in [-0.39, 0.29) is 18.9 Å². The second-order valence-corrected chi connectivity index (χ2v) is 17.9. The zero-order chi connectivity index (χ0) is 47.3. The van der Waals surface area contributed by atoms with Gasteiger partial charge in [-0.05, 0) is 70.6 Å². The molecule has 0 aromatic carbocycles. The van der Waals surface area contributed by atoms with Crippen molar-refractivity contribution in [3.05, 3.63) is 85.1 Å². The van der Waals surface area contributed by atoms with E-state index in [9.17, 15) is 30.3 Å². The lowest BCUT2D eigenvalue weighted by Gasteiger charge is -2.40. The molecule has 1 aliphatic heterocycles. The lowest BCUT2D eigenvalue weighted by atomic mass is 9.99. The molecule has 0 aromatic heterocycles. The van der Waals surface area contributed by atoms with E-state index < -0.39 is 49.5 Å². The summed E-state index contributed by atoms with van der Waals surface area (Å²) in [4.78, 5) is 12.9. The highest BCUT2D eigenvalue weighted by atomic mass is 16.7. The van der Waals surface area contributed by atoms with Crippen LogP contribution in [-0.2, 0) is 14.3 Å². The van der Waals surface area contributed by atoms with Gasteiger partial charge < -0.3 is 40.3 Å². The fraction of sp³-hybridized carbons (Fsp3) is 0.732. The quantitative estimate of drug-likeness (QED) is 0.0262. The number of aliphatic hydroxyl groups is 5. The van der Waals surface area contributed by atoms with Crippen molar-refractivity contribution in [3.8, 4) is 0 Å². The van der Waals surface area contributed by atoms with Gasteiger partial charge >= 0.3 is 0 Å². The molecule has 0 spiro atoms. The summed E-state index contributed by atoms with van der Waals surface area (Å²) >= 11 is 0. The zero-order valence-electron chi connectivity index (χ0n) is 41.2. The molecule has 7 atom stereocenters. The second-order valence-electron chi connectivity index (χ2n) is 17.9. The van der Waals surface area contributed by atoms with Gasteiger partial charge in [-0.3, -0.25) is 4.79 Å². The van der Waals surface area contributed by atoms with E-state index in [1.165, 1.54) is 122 Å². The molecule has 1 rings (SSSR count). The predicted octanol–water partition coefficient (Wildman–Crippen LogP) is 12.3. The second kappa shape index (κ2) is 45.2. The van der Waals surface area contributed by atoms with Crippen molar-refractivity contribution in [2.75, 3.05) is 13.2 Å². The predicted molar refractivity (Wildman–Crippen MR) is 271 cm³/mol. The number of aliphatic hydroxyl groups excluding tert-OH is 5. The third-order valence-electron chi connectivity index (χ3n) is 11.9. The average Bonchev–Trinajstić information content (AvgIpc) is 3.31. The molecule has 1 amide bonds. The lowest BCUT2D eigenvalue weighted by Crippen LogP contribution is -2.60. The minimum Gasteiger partial charge on any atom is -0.394 e. The first-order chi connectivity index (χ1) is 31.8. The third kappa shape index (κ3) is 35.2. The van der Waals surface area contributed by atoms with Crippen molar-refractivity contribution >= 4 is 5.91 Å². The third-order valence-corrected chi connectivity index (χ3v) is 11.9. The molecule has 9 nitrogen and oxygen atoms in total. The van der Waals surface area contributed by atoms with Crippen LogP contribution < -0.4 is 5.32 Å². The van der Waals surface area contributed by atoms with E-state index in [4.69, 9.17) is 9.47 Å². The molecule has 374 valence electrons. The topological polar surface area (TPSA) is 149 Å². The number of carbonyl (C=O) groups is 1. The fourth-order valence-electron chi connectivity index (χ4n) is 7.79. The molecule has 0 aliphatic carbocycles. The van der Waals surface area contributed by atoms with Gasteiger partial charge in [-0.15, -0.1) is 0 Å². The molecule has 1 saturated heterocycles. The van der Waals surface area contributed by atoms with Gasteiger partial charge in [0.15, 0.2) is 6.29 Å². The first kappa shape index (κ1) is 60.4. The van der Waals surface area contributed by atoms with Crippen LogP contribution >= 0.6 is 0 Å². The summed E-state index contributed by atoms with van der Waals surface area (Å²) in [6.07, 6.45) is 56.8. The molecular weight excluding hydrogens is 815 g/mol. The van der Waals surface area contributed by atoms with Crippen molar-refractivity contribution in [1.82, 2.24) is 5.32 Å². The molecule has 1 fully saturated rings. The first-order valence-electron chi connectivity index (χ1n) is 26.3. The smallest absolute Gasteiger partial charge is 0.220 e. The van der Waals surface area contributed by atoms with Crippen molar-refractivity contribution in [3.63, 3.8) is 0 Å². The van der Waals surface area contributed by atoms with Crippen molar-refractivity contribution in [2.24, 2.45) is 0 Å². The van der Waals surface area contributed by atoms with Crippen LogP contribution in [0.5, 0.6) is 0 Å². The van der Waals surface area contributed by atoms with E-state index in [2.05, 4.69) is 79.9 Å². The maximum atomic E-state index is 12.9. The zero-order valence-corrected chi connectivity index (χ0v) is 41.2. The average molecular weight is 912 g/mol. The molecular formula is C56H97NO8. The minimum atomic E-state index is -1.59. The number of carbonyl (C=O) groups excluding carboxylic acids is 1. The molecule has 0 bridgehead atoms. The van der Waals surface area contributed by atoms with Crippen molar-refractivity contribution < 1.29 is 39.8 Å². The van der Waals surface area contributed by atoms with E-state index in [0.29, 0.717) is 12.8 Å². The number of allylic oxidation sites excluding steroid dienone is 13. The number of hydrogen-bond acceptors (Lipinski definition) is 8. The van der Waals surface area contributed by atoms with Gasteiger partial charge in [0.1, 0.15) is 24.4 Å². The Morgan fingerprint density at radius 2 is 0.969 bits per heavy atom. The molecule has 0 saturated carbocycles. The number of amides is 1. The largest absolute Gasteiger partial charge is 0.394 e. The highest BCUT2D eigenvalue weighted by Crippen LogP contribution is 2.22. The van der Waals surface area contributed by atoms with Crippen LogP contribution in [0.3, 0.4) is 0 Å². The van der Waals surface area contributed by atoms with Gasteiger partial charge in [-0.1, -0.05) is 214 Å². The van der Waals surface area contributed by atoms with Crippen LogP contribution in [0, 0.1) is 0 Å². The van der Waals surface area contributed by atoms with Crippen LogP contribution in [0.1, 0.15) is 206 Å². The highest BCUT2D eigenvalue weighted by molar-refractivity contribution is 5.76. The standard InChI is InChI=1S/C56H97NO8/c1-3-5-7-9-11-13-15-17-18-19-20-21-22-23-24-25-26-27-28-29-30-31-32-34-35-37-39-41-43-45-50(59)49(48-64-56-55(63)54(62)53(61)51(47-58)65-56)57-52(60)46-44-42-40-38-36-33-16-14-12-10-8-6-4-2/h6,8,12,14,30-31,33,35-37,40,42-43,45,49-51,53-56,58-59,61-63H,3-5,7,9-11,13,15-29,32,34,38-39,41,44,46-48H2,1-2H3,(H,57,60)/b8-6-,14-12-,31-30+,36-33-,37-35+,42-40-,45-43+. The summed E-state index contributed by atoms with van der Waals surface area (Å²) in [5.41, 5.74) is 0. The van der Waals surface area contributed by atoms with E-state index in [0.717, 1.165) is 51.4 Å². The van der Waals surface area contributed by atoms with Crippen LogP contribution in [0.2, 0.25) is 0 Å². The Bertz CT molecular complexity index is 1290. The van der Waals surface area contributed by atoms with Gasteiger partial charge in [0.25, 0.3) is 0 Å². The van der Waals surface area contributed by atoms with Crippen LogP contribution in [0.25, 0.3) is 0 Å². The van der Waals surface area contributed by atoms with Gasteiger partial charge in [-0.2, -0.15) is 0 Å². The summed E-state index contributed by atoms with van der Waals surface area (Å²) in [6, 6.07) is -0.871. The van der Waals surface area contributed by atoms with Crippen LogP contribution in [-0.4, -0.2) is 87.5 Å². The number of ether oxygens (including phenoxy) is 2. The molecule has 9 heteroatoms. The minimum absolute atomic E-state index is 0.209. The van der Waals surface area contributed by atoms with Crippen LogP contribution in [0.4, 0.5) is 0 Å². The van der Waals surface area contributed by atoms with Crippen LogP contribution in [0.15, 0.2) is 85.1 Å². The van der Waals surface area contributed by atoms with Gasteiger partial charge in [-0.25, -0.2) is 0 Å². The molecule has 1 heterocycles. The maximum Gasteiger partial charge on any atom is 0.220 e. The fourth-order valence-corrected chi connectivity index (χ4v) is 7.79. The summed E-state index contributed by atoms with van der Waals surface area (Å²) in [7, 11) is 0. The summed E-state index contributed by atoms with van der Waals surface area (Å²) < 4.78 is 11.2. The molecule has 7 unspecified atom stereocenters. The molecule has 6 N–H and O–H groups in total. The number of rotatable bonds is 43. The first-order valence-corrected chi connectivity index (χ1v) is 26.3. The SMILES string of the molecule is CC/C=C\C/C=C\C/C=C\C/C=C\CCC(=O)NC(COC1OC(CO)C(O)C(O)C1O)C(O)/C=C/CC/C=C/CC/C=C/CCCCCCCCCCCCCCCCCCCCC. The maximum absolute atomic E-state index is 12.9. The number of hydrogen-bond donors (Lipinski definition) is 6. The Balaban J connectivity index is 2.28. The van der Waals surface area contributed by atoms with Gasteiger partial charge in [0.05, 0.1) is 25.4 Å². The Kier molecular flexibility index (Phi) is 42.0. The summed E-state index contributed by atoms with van der Waals surface area (Å²) in [5, 5.41) is 54.2. The van der Waals surface area contributed by atoms with Crippen molar-refractivity contribution in [2.45, 2.75) is 249 Å². The van der Waals surface area contributed by atoms with E-state index in [1.54, 1.807) is 6.08 Å². The molecule has 0 radical (unpaired) electrons. The highest BCUT2D eigenvalue weighted by Gasteiger charge is 2.44. The molecule has 65 heavy (non-hydrogen) atoms. The van der Waals surface area contributed by atoms with Gasteiger partial charge in [0.2, 0.25) is 5.91 Å². The van der Waals surface area contributed by atoms with Gasteiger partial charge in [0, 0.05) is 6.42 Å². The number of nitrogens with one attached hydrogen (secondary N) is 1. The summed E-state index contributed by atoms with van der Waals surface area (Å²) in [6.45, 7) is 3.59. The Labute approximate surface area is 397 Å². The lowest BCUT2D eigenvalue weighted by molar-refractivity contribution is -0.302. The number of unbranched alkanes of at least 4 members (excludes halogenated alkanes) is 21.